The molecule has 1 amide bonds. The summed E-state index contributed by atoms with van der Waals surface area (Å²) in [5.74, 6) is 0.193. The van der Waals surface area contributed by atoms with Crippen LogP contribution < -0.4 is 5.32 Å². The van der Waals surface area contributed by atoms with Gasteiger partial charge >= 0.3 is 0 Å². The molecular weight excluding hydrogens is 228 g/mol. The Morgan fingerprint density at radius 2 is 1.83 bits per heavy atom. The summed E-state index contributed by atoms with van der Waals surface area (Å²) in [6.07, 6.45) is 7.71. The molecule has 4 nitrogen and oxygen atoms in total. The molecule has 1 heterocycles. The Labute approximate surface area is 110 Å². The molecule has 0 atom stereocenters. The highest BCUT2D eigenvalue weighted by Gasteiger charge is 2.42. The van der Waals surface area contributed by atoms with E-state index in [1.54, 1.807) is 7.11 Å². The highest BCUT2D eigenvalue weighted by Crippen LogP contribution is 2.29. The number of nitrogens with zero attached hydrogens (tertiary/aromatic N) is 1. The molecule has 1 saturated heterocycles. The van der Waals surface area contributed by atoms with Gasteiger partial charge in [0.2, 0.25) is 0 Å². The van der Waals surface area contributed by atoms with Gasteiger partial charge in [0.25, 0.3) is 5.91 Å². The van der Waals surface area contributed by atoms with Crippen LogP contribution in [-0.2, 0) is 9.53 Å². The predicted octanol–water partition coefficient (Wildman–Crippen LogP) is 1.55. The second-order valence-electron chi connectivity index (χ2n) is 5.66. The minimum absolute atomic E-state index is 0.193. The number of carbonyl (C=O) groups is 1. The molecule has 0 radical (unpaired) electrons. The van der Waals surface area contributed by atoms with E-state index < -0.39 is 5.60 Å². The molecule has 1 N–H and O–H groups in total. The van der Waals surface area contributed by atoms with Gasteiger partial charge in [-0.15, -0.1) is 0 Å². The molecule has 1 aliphatic carbocycles. The SMILES string of the molecule is COC1(C(=O)N(C)C2CCCCC2)CCNCC1. The summed E-state index contributed by atoms with van der Waals surface area (Å²) >= 11 is 0. The summed E-state index contributed by atoms with van der Waals surface area (Å²) in [6.45, 7) is 1.75. The number of carbonyl (C=O) groups excluding carboxylic acids is 1. The zero-order valence-corrected chi connectivity index (χ0v) is 11.7. The van der Waals surface area contributed by atoms with Gasteiger partial charge in [0.1, 0.15) is 5.60 Å². The van der Waals surface area contributed by atoms with E-state index in [9.17, 15) is 4.79 Å². The number of amides is 1. The second-order valence-corrected chi connectivity index (χ2v) is 5.66. The van der Waals surface area contributed by atoms with E-state index in [4.69, 9.17) is 4.74 Å². The van der Waals surface area contributed by atoms with Crippen LogP contribution in [0.5, 0.6) is 0 Å². The molecule has 0 spiro atoms. The van der Waals surface area contributed by atoms with Crippen LogP contribution in [-0.4, -0.2) is 49.7 Å². The van der Waals surface area contributed by atoms with Crippen molar-refractivity contribution < 1.29 is 9.53 Å². The summed E-state index contributed by atoms with van der Waals surface area (Å²) in [7, 11) is 3.64. The maximum atomic E-state index is 12.7. The zero-order chi connectivity index (χ0) is 13.0. The Hall–Kier alpha value is -0.610. The number of hydrogen-bond donors (Lipinski definition) is 1. The standard InChI is InChI=1S/C14H26N2O2/c1-16(12-6-4-3-5-7-12)13(17)14(18-2)8-10-15-11-9-14/h12,15H,3-11H2,1-2H3. The van der Waals surface area contributed by atoms with Gasteiger partial charge in [-0.3, -0.25) is 4.79 Å². The van der Waals surface area contributed by atoms with E-state index in [0.717, 1.165) is 38.8 Å². The highest BCUT2D eigenvalue weighted by atomic mass is 16.5. The molecule has 2 rings (SSSR count). The molecule has 4 heteroatoms. The first-order valence-electron chi connectivity index (χ1n) is 7.23. The summed E-state index contributed by atoms with van der Waals surface area (Å²) in [4.78, 5) is 14.7. The Morgan fingerprint density at radius 1 is 1.22 bits per heavy atom. The summed E-state index contributed by atoms with van der Waals surface area (Å²) in [5.41, 5.74) is -0.572. The lowest BCUT2D eigenvalue weighted by atomic mass is 9.88. The van der Waals surface area contributed by atoms with Crippen molar-refractivity contribution in [1.82, 2.24) is 10.2 Å². The second kappa shape index (κ2) is 6.02. The Kier molecular flexibility index (Phi) is 4.62. The van der Waals surface area contributed by atoms with Crippen LogP contribution in [0.1, 0.15) is 44.9 Å². The topological polar surface area (TPSA) is 41.6 Å². The van der Waals surface area contributed by atoms with Gasteiger partial charge in [0.15, 0.2) is 0 Å². The third-order valence-electron chi connectivity index (χ3n) is 4.63. The van der Waals surface area contributed by atoms with Crippen molar-refractivity contribution in [3.05, 3.63) is 0 Å². The van der Waals surface area contributed by atoms with Crippen LogP contribution in [0.25, 0.3) is 0 Å². The molecule has 2 aliphatic rings. The van der Waals surface area contributed by atoms with E-state index >= 15 is 0 Å². The fourth-order valence-electron chi connectivity index (χ4n) is 3.29. The van der Waals surface area contributed by atoms with E-state index in [0.29, 0.717) is 6.04 Å². The van der Waals surface area contributed by atoms with Crippen molar-refractivity contribution in [2.45, 2.75) is 56.6 Å². The first-order valence-corrected chi connectivity index (χ1v) is 7.23. The lowest BCUT2D eigenvalue weighted by Crippen LogP contribution is -2.56. The number of likely N-dealkylation sites (N-methyl/N-ethyl adjacent to an activating group) is 1. The molecule has 0 aromatic rings. The molecule has 0 bridgehead atoms. The van der Waals surface area contributed by atoms with Gasteiger partial charge in [0.05, 0.1) is 0 Å². The van der Waals surface area contributed by atoms with E-state index in [2.05, 4.69) is 5.32 Å². The van der Waals surface area contributed by atoms with Crippen molar-refractivity contribution >= 4 is 5.91 Å². The van der Waals surface area contributed by atoms with Crippen LogP contribution in [0.3, 0.4) is 0 Å². The Bertz CT molecular complexity index is 282. The predicted molar refractivity (Wildman–Crippen MR) is 71.5 cm³/mol. The molecule has 104 valence electrons. The maximum absolute atomic E-state index is 12.7. The van der Waals surface area contributed by atoms with E-state index in [-0.39, 0.29) is 5.91 Å². The highest BCUT2D eigenvalue weighted by molar-refractivity contribution is 5.85. The first kappa shape index (κ1) is 13.8. The minimum Gasteiger partial charge on any atom is -0.368 e. The van der Waals surface area contributed by atoms with Crippen molar-refractivity contribution in [3.8, 4) is 0 Å². The number of methoxy groups -OCH3 is 1. The maximum Gasteiger partial charge on any atom is 0.254 e. The van der Waals surface area contributed by atoms with Crippen molar-refractivity contribution in [3.63, 3.8) is 0 Å². The third kappa shape index (κ3) is 2.69. The number of rotatable bonds is 3. The van der Waals surface area contributed by atoms with Crippen molar-refractivity contribution in [2.75, 3.05) is 27.2 Å². The fraction of sp³-hybridized carbons (Fsp3) is 0.929. The number of nitrogens with one attached hydrogen (secondary N) is 1. The van der Waals surface area contributed by atoms with Gasteiger partial charge in [0, 0.05) is 20.2 Å². The van der Waals surface area contributed by atoms with Crippen LogP contribution in [0, 0.1) is 0 Å². The molecule has 1 aliphatic heterocycles. The Morgan fingerprint density at radius 3 is 2.39 bits per heavy atom. The van der Waals surface area contributed by atoms with E-state index in [1.165, 1.54) is 19.3 Å². The fourth-order valence-corrected chi connectivity index (χ4v) is 3.29. The molecule has 18 heavy (non-hydrogen) atoms. The molecule has 0 unspecified atom stereocenters. The smallest absolute Gasteiger partial charge is 0.254 e. The molecular formula is C14H26N2O2. The normalized spacial score (nSPS) is 24.8. The van der Waals surface area contributed by atoms with Crippen LogP contribution >= 0.6 is 0 Å². The van der Waals surface area contributed by atoms with Crippen LogP contribution in [0.2, 0.25) is 0 Å². The first-order chi connectivity index (χ1) is 8.69. The van der Waals surface area contributed by atoms with Gasteiger partial charge in [-0.05, 0) is 38.8 Å². The van der Waals surface area contributed by atoms with Gasteiger partial charge < -0.3 is 15.0 Å². The molecule has 1 saturated carbocycles. The van der Waals surface area contributed by atoms with Gasteiger partial charge in [-0.1, -0.05) is 19.3 Å². The minimum atomic E-state index is -0.572. The lowest BCUT2D eigenvalue weighted by Gasteiger charge is -2.41. The largest absolute Gasteiger partial charge is 0.368 e. The van der Waals surface area contributed by atoms with Crippen molar-refractivity contribution in [2.24, 2.45) is 0 Å². The zero-order valence-electron chi connectivity index (χ0n) is 11.7. The average Bonchev–Trinajstić information content (AvgIpc) is 2.47. The average molecular weight is 254 g/mol. The van der Waals surface area contributed by atoms with Gasteiger partial charge in [-0.25, -0.2) is 0 Å². The molecule has 0 aromatic carbocycles. The van der Waals surface area contributed by atoms with Crippen molar-refractivity contribution in [1.29, 1.82) is 0 Å². The third-order valence-corrected chi connectivity index (χ3v) is 4.63. The van der Waals surface area contributed by atoms with Crippen LogP contribution in [0.15, 0.2) is 0 Å². The van der Waals surface area contributed by atoms with Gasteiger partial charge in [-0.2, -0.15) is 0 Å². The molecule has 0 aromatic heterocycles. The summed E-state index contributed by atoms with van der Waals surface area (Å²) in [6, 6.07) is 0.424. The monoisotopic (exact) mass is 254 g/mol. The number of ether oxygens (including phenoxy) is 1. The number of piperidine rings is 1. The summed E-state index contributed by atoms with van der Waals surface area (Å²) in [5, 5.41) is 3.30. The lowest BCUT2D eigenvalue weighted by molar-refractivity contribution is -0.159. The number of hydrogen-bond acceptors (Lipinski definition) is 3. The quantitative estimate of drug-likeness (QED) is 0.831. The summed E-state index contributed by atoms with van der Waals surface area (Å²) < 4.78 is 5.62. The van der Waals surface area contributed by atoms with E-state index in [1.807, 2.05) is 11.9 Å². The Balaban J connectivity index is 2.03. The van der Waals surface area contributed by atoms with Crippen LogP contribution in [0.4, 0.5) is 0 Å². The molecule has 2 fully saturated rings.